The van der Waals surface area contributed by atoms with E-state index in [2.05, 4.69) is 5.32 Å². The highest BCUT2D eigenvalue weighted by atomic mass is 35.5. The van der Waals surface area contributed by atoms with E-state index in [0.29, 0.717) is 25.6 Å². The monoisotopic (exact) mass is 394 g/mol. The molecule has 1 N–H and O–H groups in total. The molecule has 1 fully saturated rings. The lowest BCUT2D eigenvalue weighted by Gasteiger charge is -2.32. The Hall–Kier alpha value is -0.520. The summed E-state index contributed by atoms with van der Waals surface area (Å²) in [6.07, 6.45) is 2.94. The summed E-state index contributed by atoms with van der Waals surface area (Å²) >= 11 is 12.3. The van der Waals surface area contributed by atoms with Crippen molar-refractivity contribution in [3.05, 3.63) is 33.8 Å². The van der Waals surface area contributed by atoms with E-state index in [1.807, 2.05) is 23.1 Å². The number of piperidine rings is 1. The standard InChI is InChI=1S/C17H24Cl2N2O2.ClH/c1-23-9-6-20-12-17(22)21-7-4-13(5-8-21)10-14-11-15(18)2-3-16(14)19;/h2-3,11,13,20H,4-10,12H2,1H3;1H. The molecule has 1 saturated heterocycles. The zero-order chi connectivity index (χ0) is 16.7. The number of carbonyl (C=O) groups excluding carboxylic acids is 1. The lowest BCUT2D eigenvalue weighted by molar-refractivity contribution is -0.131. The molecule has 24 heavy (non-hydrogen) atoms. The van der Waals surface area contributed by atoms with Crippen LogP contribution in [0.5, 0.6) is 0 Å². The van der Waals surface area contributed by atoms with E-state index in [-0.39, 0.29) is 18.3 Å². The Morgan fingerprint density at radius 2 is 2.04 bits per heavy atom. The van der Waals surface area contributed by atoms with Crippen molar-refractivity contribution in [1.82, 2.24) is 10.2 Å². The molecule has 0 radical (unpaired) electrons. The van der Waals surface area contributed by atoms with Gasteiger partial charge in [-0.1, -0.05) is 23.2 Å². The topological polar surface area (TPSA) is 41.6 Å². The second-order valence-corrected chi connectivity index (χ2v) is 6.78. The van der Waals surface area contributed by atoms with Crippen molar-refractivity contribution in [1.29, 1.82) is 0 Å². The summed E-state index contributed by atoms with van der Waals surface area (Å²) in [7, 11) is 1.65. The van der Waals surface area contributed by atoms with Crippen molar-refractivity contribution in [2.45, 2.75) is 19.3 Å². The molecule has 1 aromatic rings. The van der Waals surface area contributed by atoms with E-state index in [9.17, 15) is 4.79 Å². The quantitative estimate of drug-likeness (QED) is 0.719. The summed E-state index contributed by atoms with van der Waals surface area (Å²) in [5, 5.41) is 4.59. The molecule has 1 amide bonds. The van der Waals surface area contributed by atoms with Gasteiger partial charge in [0.25, 0.3) is 0 Å². The third kappa shape index (κ3) is 6.77. The van der Waals surface area contributed by atoms with Gasteiger partial charge in [-0.25, -0.2) is 0 Å². The Balaban J connectivity index is 0.00000288. The van der Waals surface area contributed by atoms with Gasteiger partial charge in [-0.15, -0.1) is 12.4 Å². The van der Waals surface area contributed by atoms with Gasteiger partial charge in [0, 0.05) is 36.8 Å². The number of carbonyl (C=O) groups is 1. The molecule has 0 aromatic heterocycles. The molecule has 0 atom stereocenters. The summed E-state index contributed by atoms with van der Waals surface area (Å²) in [4.78, 5) is 14.0. The van der Waals surface area contributed by atoms with Crippen molar-refractivity contribution in [3.8, 4) is 0 Å². The number of ether oxygens (including phenoxy) is 1. The van der Waals surface area contributed by atoms with Crippen LogP contribution in [0.3, 0.4) is 0 Å². The van der Waals surface area contributed by atoms with E-state index in [4.69, 9.17) is 27.9 Å². The minimum atomic E-state index is 0. The number of benzene rings is 1. The van der Waals surface area contributed by atoms with E-state index >= 15 is 0 Å². The number of likely N-dealkylation sites (tertiary alicyclic amines) is 1. The van der Waals surface area contributed by atoms with Gasteiger partial charge < -0.3 is 15.0 Å². The fourth-order valence-corrected chi connectivity index (χ4v) is 3.27. The van der Waals surface area contributed by atoms with E-state index < -0.39 is 0 Å². The van der Waals surface area contributed by atoms with Crippen LogP contribution in [0.1, 0.15) is 18.4 Å². The average molecular weight is 396 g/mol. The smallest absolute Gasteiger partial charge is 0.236 e. The normalized spacial score (nSPS) is 15.2. The average Bonchev–Trinajstić information content (AvgIpc) is 2.55. The highest BCUT2D eigenvalue weighted by Gasteiger charge is 2.23. The molecule has 0 aliphatic carbocycles. The number of nitrogens with zero attached hydrogens (tertiary/aromatic N) is 1. The molecule has 7 heteroatoms. The summed E-state index contributed by atoms with van der Waals surface area (Å²) < 4.78 is 4.95. The Bertz CT molecular complexity index is 521. The van der Waals surface area contributed by atoms with Gasteiger partial charge >= 0.3 is 0 Å². The Morgan fingerprint density at radius 3 is 2.71 bits per heavy atom. The van der Waals surface area contributed by atoms with Crippen LogP contribution >= 0.6 is 35.6 Å². The molecular formula is C17H25Cl3N2O2. The second-order valence-electron chi connectivity index (χ2n) is 5.93. The predicted molar refractivity (Wildman–Crippen MR) is 101 cm³/mol. The number of rotatable bonds is 7. The van der Waals surface area contributed by atoms with Crippen LogP contribution in [0.25, 0.3) is 0 Å². The summed E-state index contributed by atoms with van der Waals surface area (Å²) in [5.41, 5.74) is 1.10. The third-order valence-electron chi connectivity index (χ3n) is 4.24. The van der Waals surface area contributed by atoms with Crippen LogP contribution in [0.15, 0.2) is 18.2 Å². The first kappa shape index (κ1) is 21.5. The third-order valence-corrected chi connectivity index (χ3v) is 4.85. The summed E-state index contributed by atoms with van der Waals surface area (Å²) in [6, 6.07) is 5.61. The molecule has 0 saturated carbocycles. The highest BCUT2D eigenvalue weighted by Crippen LogP contribution is 2.27. The van der Waals surface area contributed by atoms with Gasteiger partial charge in [0.2, 0.25) is 5.91 Å². The molecular weight excluding hydrogens is 371 g/mol. The Morgan fingerprint density at radius 1 is 1.33 bits per heavy atom. The predicted octanol–water partition coefficient (Wildman–Crippen LogP) is 3.43. The molecule has 4 nitrogen and oxygen atoms in total. The number of nitrogens with one attached hydrogen (secondary N) is 1. The maximum atomic E-state index is 12.1. The van der Waals surface area contributed by atoms with Crippen molar-refractivity contribution >= 4 is 41.5 Å². The van der Waals surface area contributed by atoms with Gasteiger partial charge in [-0.05, 0) is 48.9 Å². The fraction of sp³-hybridized carbons (Fsp3) is 0.588. The zero-order valence-corrected chi connectivity index (χ0v) is 16.2. The number of hydrogen-bond acceptors (Lipinski definition) is 3. The lowest BCUT2D eigenvalue weighted by Crippen LogP contribution is -2.43. The number of methoxy groups -OCH3 is 1. The number of amides is 1. The SMILES string of the molecule is COCCNCC(=O)N1CCC(Cc2cc(Cl)ccc2Cl)CC1.Cl. The van der Waals surface area contributed by atoms with Gasteiger partial charge in [0.1, 0.15) is 0 Å². The van der Waals surface area contributed by atoms with Crippen LogP contribution in [0.4, 0.5) is 0 Å². The lowest BCUT2D eigenvalue weighted by atomic mass is 9.90. The fourth-order valence-electron chi connectivity index (χ4n) is 2.88. The first-order valence-electron chi connectivity index (χ1n) is 8.01. The van der Waals surface area contributed by atoms with Crippen LogP contribution in [0.2, 0.25) is 10.0 Å². The summed E-state index contributed by atoms with van der Waals surface area (Å²) in [6.45, 7) is 3.33. The maximum absolute atomic E-state index is 12.1. The zero-order valence-electron chi connectivity index (χ0n) is 13.9. The first-order chi connectivity index (χ1) is 11.1. The molecule has 1 heterocycles. The summed E-state index contributed by atoms with van der Waals surface area (Å²) in [5.74, 6) is 0.719. The first-order valence-corrected chi connectivity index (χ1v) is 8.77. The Labute approximate surface area is 160 Å². The van der Waals surface area contributed by atoms with E-state index in [1.165, 1.54) is 0 Å². The van der Waals surface area contributed by atoms with Crippen molar-refractivity contribution in [3.63, 3.8) is 0 Å². The number of halogens is 3. The molecule has 2 rings (SSSR count). The molecule has 0 bridgehead atoms. The van der Waals surface area contributed by atoms with Gasteiger partial charge in [-0.3, -0.25) is 4.79 Å². The number of hydrogen-bond donors (Lipinski definition) is 1. The molecule has 1 aromatic carbocycles. The van der Waals surface area contributed by atoms with E-state index in [0.717, 1.165) is 48.0 Å². The van der Waals surface area contributed by atoms with E-state index in [1.54, 1.807) is 7.11 Å². The van der Waals surface area contributed by atoms with Crippen molar-refractivity contribution in [2.24, 2.45) is 5.92 Å². The maximum Gasteiger partial charge on any atom is 0.236 e. The highest BCUT2D eigenvalue weighted by molar-refractivity contribution is 6.33. The molecule has 1 aliphatic rings. The molecule has 1 aliphatic heterocycles. The Kier molecular flexibility index (Phi) is 10.0. The van der Waals surface area contributed by atoms with Crippen molar-refractivity contribution in [2.75, 3.05) is 39.9 Å². The van der Waals surface area contributed by atoms with Crippen LogP contribution in [-0.2, 0) is 16.0 Å². The van der Waals surface area contributed by atoms with Crippen molar-refractivity contribution < 1.29 is 9.53 Å². The molecule has 0 unspecified atom stereocenters. The molecule has 136 valence electrons. The molecule has 0 spiro atoms. The van der Waals surface area contributed by atoms with Gasteiger partial charge in [0.15, 0.2) is 0 Å². The van der Waals surface area contributed by atoms with Crippen LogP contribution in [-0.4, -0.2) is 50.7 Å². The minimum absolute atomic E-state index is 0. The van der Waals surface area contributed by atoms with Gasteiger partial charge in [-0.2, -0.15) is 0 Å². The second kappa shape index (κ2) is 11.2. The van der Waals surface area contributed by atoms with Gasteiger partial charge in [0.05, 0.1) is 13.2 Å². The van der Waals surface area contributed by atoms with Crippen LogP contribution < -0.4 is 5.32 Å². The largest absolute Gasteiger partial charge is 0.383 e. The minimum Gasteiger partial charge on any atom is -0.383 e. The van der Waals surface area contributed by atoms with Crippen LogP contribution in [0, 0.1) is 5.92 Å².